The lowest BCUT2D eigenvalue weighted by Gasteiger charge is -2.33. The number of hydrogen-bond acceptors (Lipinski definition) is 2. The van der Waals surface area contributed by atoms with Crippen LogP contribution in [0, 0.1) is 12.8 Å². The number of likely N-dealkylation sites (N-methyl/N-ethyl adjacent to an activating group) is 1. The van der Waals surface area contributed by atoms with E-state index in [-0.39, 0.29) is 0 Å². The number of benzene rings is 1. The first-order valence-corrected chi connectivity index (χ1v) is 8.18. The maximum atomic E-state index is 3.73. The number of nitrogens with one attached hydrogen (secondary N) is 1. The molecule has 1 aliphatic rings. The summed E-state index contributed by atoms with van der Waals surface area (Å²) in [6, 6.07) is 9.26. The van der Waals surface area contributed by atoms with Crippen molar-refractivity contribution < 1.29 is 0 Å². The molecule has 0 saturated heterocycles. The van der Waals surface area contributed by atoms with Crippen molar-refractivity contribution in [2.45, 2.75) is 45.6 Å². The Morgan fingerprint density at radius 3 is 2.65 bits per heavy atom. The third-order valence-electron chi connectivity index (χ3n) is 4.49. The second-order valence-electron chi connectivity index (χ2n) is 6.38. The molecule has 1 fully saturated rings. The van der Waals surface area contributed by atoms with E-state index in [9.17, 15) is 0 Å². The van der Waals surface area contributed by atoms with Gasteiger partial charge in [0.1, 0.15) is 0 Å². The minimum Gasteiger partial charge on any atom is -0.309 e. The number of aryl methyl sites for hydroxylation is 1. The van der Waals surface area contributed by atoms with Crippen molar-refractivity contribution in [3.63, 3.8) is 0 Å². The van der Waals surface area contributed by atoms with Crippen LogP contribution in [0.3, 0.4) is 0 Å². The normalized spacial score (nSPS) is 17.2. The van der Waals surface area contributed by atoms with Gasteiger partial charge in [0.25, 0.3) is 0 Å². The van der Waals surface area contributed by atoms with Crippen molar-refractivity contribution in [2.24, 2.45) is 5.92 Å². The lowest BCUT2D eigenvalue weighted by Crippen LogP contribution is -2.37. The van der Waals surface area contributed by atoms with Crippen LogP contribution in [-0.2, 0) is 0 Å². The van der Waals surface area contributed by atoms with E-state index < -0.39 is 0 Å². The summed E-state index contributed by atoms with van der Waals surface area (Å²) in [6.07, 6.45) is 5.49. The van der Waals surface area contributed by atoms with Crippen LogP contribution in [0.4, 0.5) is 0 Å². The first-order valence-electron chi connectivity index (χ1n) is 8.18. The van der Waals surface area contributed by atoms with Crippen molar-refractivity contribution in [2.75, 3.05) is 26.7 Å². The summed E-state index contributed by atoms with van der Waals surface area (Å²) in [7, 11) is 2.28. The SMILES string of the molecule is CCCNC(CN(C)CC1CCC1)c1ccccc1C. The summed E-state index contributed by atoms with van der Waals surface area (Å²) in [4.78, 5) is 2.52. The fourth-order valence-electron chi connectivity index (χ4n) is 3.07. The smallest absolute Gasteiger partial charge is 0.0451 e. The quantitative estimate of drug-likeness (QED) is 0.776. The molecule has 2 heteroatoms. The molecule has 0 heterocycles. The van der Waals surface area contributed by atoms with Crippen LogP contribution < -0.4 is 5.32 Å². The maximum absolute atomic E-state index is 3.73. The van der Waals surface area contributed by atoms with Crippen molar-refractivity contribution in [1.82, 2.24) is 10.2 Å². The van der Waals surface area contributed by atoms with Gasteiger partial charge >= 0.3 is 0 Å². The van der Waals surface area contributed by atoms with E-state index in [0.29, 0.717) is 6.04 Å². The molecular formula is C18H30N2. The Balaban J connectivity index is 1.97. The summed E-state index contributed by atoms with van der Waals surface area (Å²) >= 11 is 0. The summed E-state index contributed by atoms with van der Waals surface area (Å²) < 4.78 is 0. The molecule has 1 N–H and O–H groups in total. The van der Waals surface area contributed by atoms with Gasteiger partial charge in [0, 0.05) is 19.1 Å². The van der Waals surface area contributed by atoms with Gasteiger partial charge in [-0.3, -0.25) is 0 Å². The lowest BCUT2D eigenvalue weighted by molar-refractivity contribution is 0.191. The molecule has 0 aromatic heterocycles. The Morgan fingerprint density at radius 2 is 2.05 bits per heavy atom. The van der Waals surface area contributed by atoms with Gasteiger partial charge in [-0.05, 0) is 56.8 Å². The van der Waals surface area contributed by atoms with Crippen LogP contribution in [-0.4, -0.2) is 31.6 Å². The zero-order valence-corrected chi connectivity index (χ0v) is 13.4. The maximum Gasteiger partial charge on any atom is 0.0451 e. The van der Waals surface area contributed by atoms with Crippen LogP contribution in [0.1, 0.15) is 49.8 Å². The van der Waals surface area contributed by atoms with E-state index in [4.69, 9.17) is 0 Å². The minimum absolute atomic E-state index is 0.459. The Morgan fingerprint density at radius 1 is 1.30 bits per heavy atom. The Hall–Kier alpha value is -0.860. The molecule has 1 aliphatic carbocycles. The first kappa shape index (κ1) is 15.5. The van der Waals surface area contributed by atoms with Gasteiger partial charge in [-0.1, -0.05) is 37.6 Å². The van der Waals surface area contributed by atoms with E-state index in [1.807, 2.05) is 0 Å². The average molecular weight is 274 g/mol. The van der Waals surface area contributed by atoms with E-state index in [1.165, 1.54) is 43.4 Å². The van der Waals surface area contributed by atoms with Gasteiger partial charge < -0.3 is 10.2 Å². The molecular weight excluding hydrogens is 244 g/mol. The highest BCUT2D eigenvalue weighted by molar-refractivity contribution is 5.29. The van der Waals surface area contributed by atoms with Crippen molar-refractivity contribution >= 4 is 0 Å². The molecule has 0 aliphatic heterocycles. The van der Waals surface area contributed by atoms with Crippen molar-refractivity contribution in [3.8, 4) is 0 Å². The van der Waals surface area contributed by atoms with E-state index in [2.05, 4.69) is 55.4 Å². The topological polar surface area (TPSA) is 15.3 Å². The highest BCUT2D eigenvalue weighted by atomic mass is 15.1. The predicted octanol–water partition coefficient (Wildman–Crippen LogP) is 3.77. The van der Waals surface area contributed by atoms with Gasteiger partial charge in [0.2, 0.25) is 0 Å². The molecule has 1 saturated carbocycles. The van der Waals surface area contributed by atoms with Crippen LogP contribution in [0.15, 0.2) is 24.3 Å². The van der Waals surface area contributed by atoms with Gasteiger partial charge in [-0.25, -0.2) is 0 Å². The lowest BCUT2D eigenvalue weighted by atomic mass is 9.85. The molecule has 20 heavy (non-hydrogen) atoms. The standard InChI is InChI=1S/C18H30N2/c1-4-12-19-18(17-11-6-5-8-15(17)2)14-20(3)13-16-9-7-10-16/h5-6,8,11,16,18-19H,4,7,9-10,12-14H2,1-3H3. The third-order valence-corrected chi connectivity index (χ3v) is 4.49. The number of rotatable bonds is 8. The van der Waals surface area contributed by atoms with Crippen LogP contribution in [0.25, 0.3) is 0 Å². The molecule has 2 rings (SSSR count). The minimum atomic E-state index is 0.459. The van der Waals surface area contributed by atoms with E-state index in [1.54, 1.807) is 0 Å². The monoisotopic (exact) mass is 274 g/mol. The molecule has 2 nitrogen and oxygen atoms in total. The fourth-order valence-corrected chi connectivity index (χ4v) is 3.07. The summed E-state index contributed by atoms with van der Waals surface area (Å²) in [5.74, 6) is 0.948. The highest BCUT2D eigenvalue weighted by Crippen LogP contribution is 2.27. The number of nitrogens with zero attached hydrogens (tertiary/aromatic N) is 1. The Labute approximate surface area is 124 Å². The molecule has 0 radical (unpaired) electrons. The van der Waals surface area contributed by atoms with Crippen LogP contribution in [0.2, 0.25) is 0 Å². The second kappa shape index (κ2) is 7.80. The fraction of sp³-hybridized carbons (Fsp3) is 0.667. The third kappa shape index (κ3) is 4.32. The molecule has 1 aromatic rings. The van der Waals surface area contributed by atoms with Crippen LogP contribution >= 0.6 is 0 Å². The number of hydrogen-bond donors (Lipinski definition) is 1. The van der Waals surface area contributed by atoms with E-state index in [0.717, 1.165) is 19.0 Å². The molecule has 1 unspecified atom stereocenters. The van der Waals surface area contributed by atoms with Gasteiger partial charge in [0.05, 0.1) is 0 Å². The van der Waals surface area contributed by atoms with Gasteiger partial charge in [0.15, 0.2) is 0 Å². The van der Waals surface area contributed by atoms with Crippen molar-refractivity contribution in [3.05, 3.63) is 35.4 Å². The first-order chi connectivity index (χ1) is 9.70. The molecule has 112 valence electrons. The molecule has 1 atom stereocenters. The van der Waals surface area contributed by atoms with Crippen LogP contribution in [0.5, 0.6) is 0 Å². The largest absolute Gasteiger partial charge is 0.309 e. The zero-order chi connectivity index (χ0) is 14.4. The van der Waals surface area contributed by atoms with Gasteiger partial charge in [-0.2, -0.15) is 0 Å². The molecule has 0 bridgehead atoms. The Kier molecular flexibility index (Phi) is 6.06. The summed E-state index contributed by atoms with van der Waals surface area (Å²) in [5, 5.41) is 3.73. The molecule has 0 spiro atoms. The second-order valence-corrected chi connectivity index (χ2v) is 6.38. The van der Waals surface area contributed by atoms with E-state index >= 15 is 0 Å². The summed E-state index contributed by atoms with van der Waals surface area (Å²) in [6.45, 7) is 7.93. The predicted molar refractivity (Wildman–Crippen MR) is 87.1 cm³/mol. The van der Waals surface area contributed by atoms with Crippen molar-refractivity contribution in [1.29, 1.82) is 0 Å². The van der Waals surface area contributed by atoms with Gasteiger partial charge in [-0.15, -0.1) is 0 Å². The average Bonchev–Trinajstić information content (AvgIpc) is 2.40. The highest BCUT2D eigenvalue weighted by Gasteiger charge is 2.21. The Bertz CT molecular complexity index is 398. The molecule has 0 amide bonds. The molecule has 1 aromatic carbocycles. The summed E-state index contributed by atoms with van der Waals surface area (Å²) in [5.41, 5.74) is 2.86. The zero-order valence-electron chi connectivity index (χ0n) is 13.4.